The molecule has 2 fully saturated rings. The number of rotatable bonds is 4. The van der Waals surface area contributed by atoms with Crippen LogP contribution >= 0.6 is 11.6 Å². The van der Waals surface area contributed by atoms with Crippen LogP contribution in [0.2, 0.25) is 5.28 Å². The summed E-state index contributed by atoms with van der Waals surface area (Å²) in [5.74, 6) is 1.90. The second-order valence-electron chi connectivity index (χ2n) is 5.71. The second kappa shape index (κ2) is 7.22. The molecule has 0 aromatic carbocycles. The quantitative estimate of drug-likeness (QED) is 0.921. The van der Waals surface area contributed by atoms with E-state index in [1.807, 2.05) is 0 Å². The van der Waals surface area contributed by atoms with Crippen molar-refractivity contribution in [2.45, 2.75) is 32.1 Å². The van der Waals surface area contributed by atoms with Gasteiger partial charge in [0.25, 0.3) is 0 Å². The average Bonchev–Trinajstić information content (AvgIpc) is 2.54. The van der Waals surface area contributed by atoms with E-state index < -0.39 is 0 Å². The summed E-state index contributed by atoms with van der Waals surface area (Å²) in [5, 5.41) is 3.57. The van der Waals surface area contributed by atoms with Gasteiger partial charge in [0, 0.05) is 32.8 Å². The van der Waals surface area contributed by atoms with Gasteiger partial charge in [-0.3, -0.25) is 0 Å². The fourth-order valence-corrected chi connectivity index (χ4v) is 3.00. The second-order valence-corrected chi connectivity index (χ2v) is 6.05. The molecule has 0 aliphatic carbocycles. The van der Waals surface area contributed by atoms with Crippen LogP contribution in [0.5, 0.6) is 0 Å². The highest BCUT2D eigenvalue weighted by molar-refractivity contribution is 6.28. The molecule has 0 amide bonds. The Balaban J connectivity index is 1.62. The molecule has 2 saturated heterocycles. The number of hydrogen-bond acceptors (Lipinski definition) is 6. The molecule has 1 aromatic rings. The smallest absolute Gasteiger partial charge is 0.231 e. The first kappa shape index (κ1) is 14.8. The van der Waals surface area contributed by atoms with Crippen LogP contribution in [0.4, 0.5) is 11.9 Å². The molecule has 0 spiro atoms. The number of piperidine rings is 1. The first-order valence-electron chi connectivity index (χ1n) is 7.79. The Bertz CT molecular complexity index is 461. The van der Waals surface area contributed by atoms with E-state index in [-0.39, 0.29) is 5.28 Å². The number of nitrogens with zero attached hydrogens (tertiary/aromatic N) is 4. The van der Waals surface area contributed by atoms with Crippen LogP contribution in [0.15, 0.2) is 0 Å². The monoisotopic (exact) mass is 311 g/mol. The van der Waals surface area contributed by atoms with E-state index in [2.05, 4.69) is 25.2 Å². The van der Waals surface area contributed by atoms with Crippen molar-refractivity contribution in [1.29, 1.82) is 0 Å². The Morgan fingerprint density at radius 3 is 2.62 bits per heavy atom. The zero-order chi connectivity index (χ0) is 14.5. The lowest BCUT2D eigenvalue weighted by Gasteiger charge is -2.27. The highest BCUT2D eigenvalue weighted by Gasteiger charge is 2.17. The van der Waals surface area contributed by atoms with Crippen molar-refractivity contribution in [2.75, 3.05) is 43.1 Å². The Labute approximate surface area is 130 Å². The molecule has 3 rings (SSSR count). The summed E-state index contributed by atoms with van der Waals surface area (Å²) in [6.07, 6.45) is 5.84. The molecule has 2 aliphatic rings. The first-order valence-corrected chi connectivity index (χ1v) is 8.17. The molecule has 0 radical (unpaired) electrons. The number of halogens is 1. The zero-order valence-electron chi connectivity index (χ0n) is 12.2. The fraction of sp³-hybridized carbons (Fsp3) is 0.786. The van der Waals surface area contributed by atoms with Gasteiger partial charge >= 0.3 is 0 Å². The number of nitrogens with one attached hydrogen (secondary N) is 1. The zero-order valence-corrected chi connectivity index (χ0v) is 13.0. The van der Waals surface area contributed by atoms with Crippen molar-refractivity contribution in [3.8, 4) is 0 Å². The van der Waals surface area contributed by atoms with Gasteiger partial charge in [0.1, 0.15) is 0 Å². The molecule has 7 heteroatoms. The SMILES string of the molecule is Clc1nc(NCC2CCOCC2)nc(N2CCCCC2)n1. The number of ether oxygens (including phenoxy) is 1. The van der Waals surface area contributed by atoms with Crippen molar-refractivity contribution in [3.05, 3.63) is 5.28 Å². The maximum absolute atomic E-state index is 6.04. The highest BCUT2D eigenvalue weighted by atomic mass is 35.5. The van der Waals surface area contributed by atoms with Crippen molar-refractivity contribution in [2.24, 2.45) is 5.92 Å². The average molecular weight is 312 g/mol. The molecule has 1 N–H and O–H groups in total. The fourth-order valence-electron chi connectivity index (χ4n) is 2.84. The standard InChI is InChI=1S/C14H22ClN5O/c15-12-17-13(16-10-11-4-8-21-9-5-11)19-14(18-12)20-6-2-1-3-7-20/h11H,1-10H2,(H,16,17,18,19). The van der Waals surface area contributed by atoms with Gasteiger partial charge in [-0.1, -0.05) is 0 Å². The van der Waals surface area contributed by atoms with Crippen LogP contribution < -0.4 is 10.2 Å². The van der Waals surface area contributed by atoms with Gasteiger partial charge < -0.3 is 15.0 Å². The predicted molar refractivity (Wildman–Crippen MR) is 82.9 cm³/mol. The van der Waals surface area contributed by atoms with Crippen molar-refractivity contribution < 1.29 is 4.74 Å². The third-order valence-corrected chi connectivity index (χ3v) is 4.29. The van der Waals surface area contributed by atoms with Crippen LogP contribution in [-0.2, 0) is 4.74 Å². The summed E-state index contributed by atoms with van der Waals surface area (Å²) in [7, 11) is 0. The number of anilines is 2. The van der Waals surface area contributed by atoms with Crippen LogP contribution in [-0.4, -0.2) is 47.8 Å². The van der Waals surface area contributed by atoms with Gasteiger partial charge in [0.05, 0.1) is 0 Å². The molecule has 0 bridgehead atoms. The molecule has 2 aliphatic heterocycles. The summed E-state index contributed by atoms with van der Waals surface area (Å²) < 4.78 is 5.37. The number of aromatic nitrogens is 3. The molecule has 3 heterocycles. The van der Waals surface area contributed by atoms with E-state index >= 15 is 0 Å². The molecular weight excluding hydrogens is 290 g/mol. The summed E-state index contributed by atoms with van der Waals surface area (Å²) >= 11 is 6.04. The van der Waals surface area contributed by atoms with Gasteiger partial charge in [0.2, 0.25) is 17.2 Å². The lowest BCUT2D eigenvalue weighted by Crippen LogP contribution is -2.31. The topological polar surface area (TPSA) is 63.2 Å². The van der Waals surface area contributed by atoms with Crippen LogP contribution in [0, 0.1) is 5.92 Å². The molecule has 21 heavy (non-hydrogen) atoms. The van der Waals surface area contributed by atoms with Crippen LogP contribution in [0.1, 0.15) is 32.1 Å². The van der Waals surface area contributed by atoms with Gasteiger partial charge in [-0.2, -0.15) is 15.0 Å². The molecule has 0 atom stereocenters. The summed E-state index contributed by atoms with van der Waals surface area (Å²) in [5.41, 5.74) is 0. The van der Waals surface area contributed by atoms with E-state index in [1.54, 1.807) is 0 Å². The summed E-state index contributed by atoms with van der Waals surface area (Å²) in [4.78, 5) is 15.2. The number of hydrogen-bond donors (Lipinski definition) is 1. The van der Waals surface area contributed by atoms with Crippen LogP contribution in [0.25, 0.3) is 0 Å². The van der Waals surface area contributed by atoms with E-state index in [0.717, 1.165) is 45.7 Å². The van der Waals surface area contributed by atoms with Gasteiger partial charge in [-0.25, -0.2) is 0 Å². The molecule has 1 aromatic heterocycles. The van der Waals surface area contributed by atoms with Crippen molar-refractivity contribution >= 4 is 23.5 Å². The molecule has 116 valence electrons. The highest BCUT2D eigenvalue weighted by Crippen LogP contribution is 2.19. The third-order valence-electron chi connectivity index (χ3n) is 4.12. The Hall–Kier alpha value is -1.14. The minimum atomic E-state index is 0.264. The van der Waals surface area contributed by atoms with Crippen molar-refractivity contribution in [1.82, 2.24) is 15.0 Å². The van der Waals surface area contributed by atoms with E-state index in [0.29, 0.717) is 17.8 Å². The lowest BCUT2D eigenvalue weighted by molar-refractivity contribution is 0.0699. The minimum absolute atomic E-state index is 0.264. The molecule has 6 nitrogen and oxygen atoms in total. The van der Waals surface area contributed by atoms with Crippen molar-refractivity contribution in [3.63, 3.8) is 0 Å². The Morgan fingerprint density at radius 2 is 1.86 bits per heavy atom. The minimum Gasteiger partial charge on any atom is -0.381 e. The van der Waals surface area contributed by atoms with Gasteiger partial charge in [-0.05, 0) is 49.6 Å². The van der Waals surface area contributed by atoms with E-state index in [4.69, 9.17) is 16.3 Å². The molecule has 0 saturated carbocycles. The van der Waals surface area contributed by atoms with Crippen LogP contribution in [0.3, 0.4) is 0 Å². The maximum Gasteiger partial charge on any atom is 0.231 e. The largest absolute Gasteiger partial charge is 0.381 e. The third kappa shape index (κ3) is 4.17. The summed E-state index contributed by atoms with van der Waals surface area (Å²) in [6, 6.07) is 0. The Kier molecular flexibility index (Phi) is 5.08. The predicted octanol–water partition coefficient (Wildman–Crippen LogP) is 2.35. The van der Waals surface area contributed by atoms with E-state index in [9.17, 15) is 0 Å². The lowest BCUT2D eigenvalue weighted by atomic mass is 10.0. The summed E-state index contributed by atoms with van der Waals surface area (Å²) in [6.45, 7) is 4.56. The normalized spacial score (nSPS) is 20.5. The Morgan fingerprint density at radius 1 is 1.10 bits per heavy atom. The molecule has 0 unspecified atom stereocenters. The van der Waals surface area contributed by atoms with E-state index in [1.165, 1.54) is 19.3 Å². The van der Waals surface area contributed by atoms with Gasteiger partial charge in [-0.15, -0.1) is 0 Å². The molecular formula is C14H22ClN5O. The van der Waals surface area contributed by atoms with Gasteiger partial charge in [0.15, 0.2) is 0 Å². The first-order chi connectivity index (χ1) is 10.3. The maximum atomic E-state index is 6.04.